The number of hydrogen-bond acceptors (Lipinski definition) is 6. The molecule has 4 rings (SSSR count). The van der Waals surface area contributed by atoms with Crippen molar-refractivity contribution in [2.45, 2.75) is 0 Å². The average Bonchev–Trinajstić information content (AvgIpc) is 3.17. The van der Waals surface area contributed by atoms with Gasteiger partial charge in [0.2, 0.25) is 0 Å². The van der Waals surface area contributed by atoms with Gasteiger partial charge in [-0.05, 0) is 12.1 Å². The van der Waals surface area contributed by atoms with Crippen molar-refractivity contribution in [1.29, 1.82) is 0 Å². The number of aromatic nitrogens is 5. The zero-order chi connectivity index (χ0) is 12.7. The molecule has 0 atom stereocenters. The maximum Gasteiger partial charge on any atom is 0.179 e. The molecule has 0 saturated heterocycles. The van der Waals surface area contributed by atoms with Gasteiger partial charge in [0.1, 0.15) is 5.69 Å². The Balaban J connectivity index is 1.80. The Morgan fingerprint density at radius 3 is 2.89 bits per heavy atom. The van der Waals surface area contributed by atoms with Crippen LogP contribution in [0.5, 0.6) is 0 Å². The third kappa shape index (κ3) is 1.83. The predicted molar refractivity (Wildman–Crippen MR) is 74.9 cm³/mol. The molecule has 91 valence electrons. The first-order valence-corrected chi connectivity index (χ1v) is 7.20. The van der Waals surface area contributed by atoms with E-state index in [9.17, 15) is 0 Å². The van der Waals surface area contributed by atoms with Crippen LogP contribution in [0.25, 0.3) is 32.6 Å². The zero-order valence-electron chi connectivity index (χ0n) is 9.49. The fourth-order valence-electron chi connectivity index (χ4n) is 1.79. The number of imidazole rings is 1. The van der Waals surface area contributed by atoms with Crippen LogP contribution >= 0.6 is 22.7 Å². The molecule has 19 heavy (non-hydrogen) atoms. The van der Waals surface area contributed by atoms with Gasteiger partial charge in [0.25, 0.3) is 0 Å². The van der Waals surface area contributed by atoms with Gasteiger partial charge in [0, 0.05) is 5.38 Å². The highest BCUT2D eigenvalue weighted by Crippen LogP contribution is 2.28. The Labute approximate surface area is 116 Å². The Morgan fingerprint density at radius 1 is 1.11 bits per heavy atom. The molecule has 0 aliphatic rings. The number of para-hydroxylation sites is 2. The third-order valence-electron chi connectivity index (χ3n) is 2.64. The smallest absolute Gasteiger partial charge is 0.179 e. The van der Waals surface area contributed by atoms with Gasteiger partial charge in [-0.25, -0.2) is 9.97 Å². The number of fused-ring (bicyclic) bond motifs is 1. The van der Waals surface area contributed by atoms with Crippen molar-refractivity contribution in [3.8, 4) is 21.5 Å². The summed E-state index contributed by atoms with van der Waals surface area (Å²) in [6, 6.07) is 7.92. The van der Waals surface area contributed by atoms with Gasteiger partial charge in [-0.2, -0.15) is 0 Å². The largest absolute Gasteiger partial charge is 0.337 e. The van der Waals surface area contributed by atoms with Crippen LogP contribution in [0.4, 0.5) is 0 Å². The lowest BCUT2D eigenvalue weighted by Crippen LogP contribution is -1.81. The lowest BCUT2D eigenvalue weighted by atomic mass is 10.3. The summed E-state index contributed by atoms with van der Waals surface area (Å²) >= 11 is 2.89. The molecule has 0 aliphatic carbocycles. The van der Waals surface area contributed by atoms with Gasteiger partial charge in [0.05, 0.1) is 11.0 Å². The minimum atomic E-state index is 0.775. The number of nitrogens with zero attached hydrogens (tertiary/aromatic N) is 4. The summed E-state index contributed by atoms with van der Waals surface area (Å²) in [6.45, 7) is 0. The van der Waals surface area contributed by atoms with Crippen molar-refractivity contribution in [1.82, 2.24) is 25.1 Å². The molecule has 0 bridgehead atoms. The first-order chi connectivity index (χ1) is 9.40. The Morgan fingerprint density at radius 2 is 2.05 bits per heavy atom. The van der Waals surface area contributed by atoms with E-state index in [0.29, 0.717) is 0 Å². The van der Waals surface area contributed by atoms with E-state index in [1.165, 1.54) is 22.7 Å². The summed E-state index contributed by atoms with van der Waals surface area (Å²) in [7, 11) is 0. The van der Waals surface area contributed by atoms with Crippen LogP contribution in [0, 0.1) is 5.51 Å². The molecule has 3 heterocycles. The molecule has 0 unspecified atom stereocenters. The van der Waals surface area contributed by atoms with Gasteiger partial charge in [-0.1, -0.05) is 23.5 Å². The number of nitrogens with one attached hydrogen (secondary N) is 1. The SMILES string of the molecule is [c]1nnc(-c2nc(-c3nc4ccccc4[nH]3)cs2)s1. The van der Waals surface area contributed by atoms with E-state index in [1.54, 1.807) is 0 Å². The molecule has 3 aromatic heterocycles. The second-order valence-electron chi connectivity index (χ2n) is 3.84. The minimum absolute atomic E-state index is 0.775. The molecule has 0 saturated carbocycles. The maximum absolute atomic E-state index is 4.53. The molecule has 0 spiro atoms. The first-order valence-electron chi connectivity index (χ1n) is 5.51. The van der Waals surface area contributed by atoms with Crippen molar-refractivity contribution in [3.63, 3.8) is 0 Å². The van der Waals surface area contributed by atoms with Crippen LogP contribution < -0.4 is 0 Å². The minimum Gasteiger partial charge on any atom is -0.337 e. The second-order valence-corrected chi connectivity index (χ2v) is 5.47. The van der Waals surface area contributed by atoms with E-state index < -0.39 is 0 Å². The van der Waals surface area contributed by atoms with E-state index >= 15 is 0 Å². The Kier molecular flexibility index (Phi) is 2.39. The number of rotatable bonds is 2. The monoisotopic (exact) mass is 284 g/mol. The highest BCUT2D eigenvalue weighted by Gasteiger charge is 2.12. The topological polar surface area (TPSA) is 67.3 Å². The van der Waals surface area contributed by atoms with Gasteiger partial charge in [0.15, 0.2) is 21.4 Å². The van der Waals surface area contributed by atoms with Crippen molar-refractivity contribution < 1.29 is 0 Å². The number of benzene rings is 1. The molecule has 5 nitrogen and oxygen atoms in total. The zero-order valence-corrected chi connectivity index (χ0v) is 11.1. The average molecular weight is 284 g/mol. The molecule has 7 heteroatoms. The van der Waals surface area contributed by atoms with Crippen molar-refractivity contribution in [2.75, 3.05) is 0 Å². The van der Waals surface area contributed by atoms with E-state index in [4.69, 9.17) is 0 Å². The van der Waals surface area contributed by atoms with E-state index in [2.05, 4.69) is 30.7 Å². The van der Waals surface area contributed by atoms with E-state index in [0.717, 1.165) is 32.6 Å². The van der Waals surface area contributed by atoms with Crippen LogP contribution in [-0.4, -0.2) is 25.1 Å². The van der Waals surface area contributed by atoms with Gasteiger partial charge < -0.3 is 4.98 Å². The summed E-state index contributed by atoms with van der Waals surface area (Å²) in [5.74, 6) is 0.775. The molecular weight excluding hydrogens is 278 g/mol. The quantitative estimate of drug-likeness (QED) is 0.614. The van der Waals surface area contributed by atoms with Crippen molar-refractivity contribution in [2.24, 2.45) is 0 Å². The predicted octanol–water partition coefficient (Wildman–Crippen LogP) is 3.01. The Bertz CT molecular complexity index is 798. The number of thiazole rings is 1. The molecule has 1 aromatic carbocycles. The lowest BCUT2D eigenvalue weighted by molar-refractivity contribution is 1.09. The summed E-state index contributed by atoms with van der Waals surface area (Å²) in [4.78, 5) is 12.3. The van der Waals surface area contributed by atoms with Crippen molar-refractivity contribution >= 4 is 33.7 Å². The second kappa shape index (κ2) is 4.22. The van der Waals surface area contributed by atoms with Crippen LogP contribution in [0.15, 0.2) is 29.6 Å². The molecule has 0 amide bonds. The van der Waals surface area contributed by atoms with Gasteiger partial charge >= 0.3 is 0 Å². The summed E-state index contributed by atoms with van der Waals surface area (Å²) in [5.41, 5.74) is 5.50. The highest BCUT2D eigenvalue weighted by molar-refractivity contribution is 7.19. The summed E-state index contributed by atoms with van der Waals surface area (Å²) in [5, 5.41) is 11.3. The number of aromatic amines is 1. The molecule has 4 aromatic rings. The molecule has 1 N–H and O–H groups in total. The van der Waals surface area contributed by atoms with Gasteiger partial charge in [-0.3, -0.25) is 0 Å². The molecule has 1 radical (unpaired) electrons. The van der Waals surface area contributed by atoms with E-state index in [1.807, 2.05) is 29.6 Å². The highest BCUT2D eigenvalue weighted by atomic mass is 32.1. The van der Waals surface area contributed by atoms with E-state index in [-0.39, 0.29) is 0 Å². The normalized spacial score (nSPS) is 11.2. The van der Waals surface area contributed by atoms with Crippen LogP contribution in [-0.2, 0) is 0 Å². The van der Waals surface area contributed by atoms with Crippen LogP contribution in [0.1, 0.15) is 0 Å². The van der Waals surface area contributed by atoms with Gasteiger partial charge in [-0.15, -0.1) is 21.5 Å². The maximum atomic E-state index is 4.53. The fraction of sp³-hybridized carbons (Fsp3) is 0. The fourth-order valence-corrected chi connectivity index (χ4v) is 3.12. The standard InChI is InChI=1S/C12H6N5S2/c1-2-4-8-7(3-1)14-10(15-8)9-5-18-11(16-9)12-17-13-6-19-12/h1-5H,(H,14,15). The first kappa shape index (κ1) is 10.8. The van der Waals surface area contributed by atoms with Crippen LogP contribution in [0.2, 0.25) is 0 Å². The van der Waals surface area contributed by atoms with Crippen LogP contribution in [0.3, 0.4) is 0 Å². The van der Waals surface area contributed by atoms with Crippen molar-refractivity contribution in [3.05, 3.63) is 35.2 Å². The third-order valence-corrected chi connectivity index (χ3v) is 4.26. The number of hydrogen-bond donors (Lipinski definition) is 1. The molecular formula is C12H6N5S2. The Hall–Kier alpha value is -2.12. The number of H-pyrrole nitrogens is 1. The molecule has 0 fully saturated rings. The molecule has 0 aliphatic heterocycles. The summed E-state index contributed by atoms with van der Waals surface area (Å²) < 4.78 is 0. The lowest BCUT2D eigenvalue weighted by Gasteiger charge is -1.87. The summed E-state index contributed by atoms with van der Waals surface area (Å²) in [6.07, 6.45) is 0.